The minimum absolute atomic E-state index is 0.00990. The number of likely N-dealkylation sites (N-methyl/N-ethyl adjacent to an activating group) is 1. The molecule has 5 heteroatoms. The summed E-state index contributed by atoms with van der Waals surface area (Å²) in [5.41, 5.74) is 0.664. The molecule has 0 spiro atoms. The average Bonchev–Trinajstić information content (AvgIpc) is 2.90. The van der Waals surface area contributed by atoms with Crippen molar-refractivity contribution in [2.75, 3.05) is 7.05 Å². The van der Waals surface area contributed by atoms with Crippen LogP contribution in [0.1, 0.15) is 27.7 Å². The van der Waals surface area contributed by atoms with Gasteiger partial charge in [0.15, 0.2) is 0 Å². The molecule has 0 bridgehead atoms. The summed E-state index contributed by atoms with van der Waals surface area (Å²) in [4.78, 5) is 14.4. The van der Waals surface area contributed by atoms with Crippen LogP contribution in [-0.4, -0.2) is 29.1 Å². The molecular formula is C16H18FNO2S. The van der Waals surface area contributed by atoms with Gasteiger partial charge in [-0.15, -0.1) is 11.3 Å². The highest BCUT2D eigenvalue weighted by Crippen LogP contribution is 2.16. The average molecular weight is 307 g/mol. The third-order valence-corrected chi connectivity index (χ3v) is 4.36. The fourth-order valence-corrected chi connectivity index (χ4v) is 3.01. The minimum atomic E-state index is -1.11. The summed E-state index contributed by atoms with van der Waals surface area (Å²) in [6.07, 6.45) is 0.926. The first-order chi connectivity index (χ1) is 9.95. The zero-order valence-corrected chi connectivity index (χ0v) is 12.9. The largest absolute Gasteiger partial charge is 0.478 e. The number of halogens is 1. The van der Waals surface area contributed by atoms with Gasteiger partial charge in [0.1, 0.15) is 5.82 Å². The van der Waals surface area contributed by atoms with E-state index < -0.39 is 11.8 Å². The smallest absolute Gasteiger partial charge is 0.335 e. The first-order valence-electron chi connectivity index (χ1n) is 6.71. The Morgan fingerprint density at radius 1 is 1.43 bits per heavy atom. The molecular weight excluding hydrogens is 289 g/mol. The molecule has 0 aliphatic carbocycles. The zero-order chi connectivity index (χ0) is 15.4. The molecule has 0 saturated carbocycles. The Balaban J connectivity index is 2.04. The number of aromatic carboxylic acids is 1. The quantitative estimate of drug-likeness (QED) is 0.885. The molecule has 0 aliphatic rings. The molecule has 1 aromatic heterocycles. The molecule has 21 heavy (non-hydrogen) atoms. The van der Waals surface area contributed by atoms with Gasteiger partial charge < -0.3 is 5.11 Å². The van der Waals surface area contributed by atoms with Gasteiger partial charge in [-0.25, -0.2) is 9.18 Å². The van der Waals surface area contributed by atoms with Crippen molar-refractivity contribution in [2.24, 2.45) is 0 Å². The lowest BCUT2D eigenvalue weighted by atomic mass is 10.1. The molecule has 1 aromatic carbocycles. The topological polar surface area (TPSA) is 40.5 Å². The van der Waals surface area contributed by atoms with Crippen molar-refractivity contribution in [2.45, 2.75) is 25.9 Å². The number of hydrogen-bond donors (Lipinski definition) is 1. The Morgan fingerprint density at radius 2 is 2.19 bits per heavy atom. The normalized spacial score (nSPS) is 12.6. The third kappa shape index (κ3) is 4.37. The van der Waals surface area contributed by atoms with Crippen molar-refractivity contribution in [1.29, 1.82) is 0 Å². The number of thiophene rings is 1. The van der Waals surface area contributed by atoms with Crippen molar-refractivity contribution < 1.29 is 14.3 Å². The van der Waals surface area contributed by atoms with Gasteiger partial charge in [-0.3, -0.25) is 4.90 Å². The van der Waals surface area contributed by atoms with Crippen LogP contribution in [0.15, 0.2) is 35.7 Å². The van der Waals surface area contributed by atoms with E-state index >= 15 is 0 Å². The van der Waals surface area contributed by atoms with Gasteiger partial charge in [-0.2, -0.15) is 0 Å². The predicted molar refractivity (Wildman–Crippen MR) is 82.3 cm³/mol. The van der Waals surface area contributed by atoms with Gasteiger partial charge in [0.25, 0.3) is 0 Å². The molecule has 0 fully saturated rings. The SMILES string of the molecule is CC(Cc1cccs1)N(C)Cc1cc(F)cc(C(=O)O)c1. The number of carboxylic acids is 1. The third-order valence-electron chi connectivity index (χ3n) is 3.47. The standard InChI is InChI=1S/C16H18FNO2S/c1-11(6-15-4-3-5-21-15)18(2)10-12-7-13(16(19)20)9-14(17)8-12/h3-5,7-9,11H,6,10H2,1-2H3,(H,19,20). The molecule has 0 amide bonds. The molecule has 0 aliphatic heterocycles. The second-order valence-corrected chi connectivity index (χ2v) is 6.23. The number of carboxylic acid groups (broad SMARTS) is 1. The van der Waals surface area contributed by atoms with Crippen LogP contribution in [0.25, 0.3) is 0 Å². The Labute approximate surface area is 127 Å². The van der Waals surface area contributed by atoms with Gasteiger partial charge in [0.05, 0.1) is 5.56 Å². The van der Waals surface area contributed by atoms with E-state index in [1.165, 1.54) is 17.0 Å². The molecule has 1 N–H and O–H groups in total. The first-order valence-corrected chi connectivity index (χ1v) is 7.59. The van der Waals surface area contributed by atoms with Crippen LogP contribution in [0.2, 0.25) is 0 Å². The zero-order valence-electron chi connectivity index (χ0n) is 12.0. The van der Waals surface area contributed by atoms with E-state index in [9.17, 15) is 9.18 Å². The number of benzene rings is 1. The Kier molecular flexibility index (Phi) is 5.09. The lowest BCUT2D eigenvalue weighted by Gasteiger charge is -2.24. The fraction of sp³-hybridized carbons (Fsp3) is 0.312. The fourth-order valence-electron chi connectivity index (χ4n) is 2.18. The van der Waals surface area contributed by atoms with E-state index in [-0.39, 0.29) is 5.56 Å². The predicted octanol–water partition coefficient (Wildman–Crippen LogP) is 3.65. The first kappa shape index (κ1) is 15.7. The van der Waals surface area contributed by atoms with Crippen LogP contribution in [0.3, 0.4) is 0 Å². The molecule has 3 nitrogen and oxygen atoms in total. The van der Waals surface area contributed by atoms with E-state index in [0.29, 0.717) is 18.2 Å². The monoisotopic (exact) mass is 307 g/mol. The summed E-state index contributed by atoms with van der Waals surface area (Å²) in [6, 6.07) is 8.37. The highest BCUT2D eigenvalue weighted by atomic mass is 32.1. The lowest BCUT2D eigenvalue weighted by molar-refractivity contribution is 0.0696. The minimum Gasteiger partial charge on any atom is -0.478 e. The van der Waals surface area contributed by atoms with E-state index in [1.54, 1.807) is 11.3 Å². The molecule has 2 aromatic rings. The van der Waals surface area contributed by atoms with Gasteiger partial charge in [-0.1, -0.05) is 6.07 Å². The Morgan fingerprint density at radius 3 is 2.81 bits per heavy atom. The summed E-state index contributed by atoms with van der Waals surface area (Å²) in [5, 5.41) is 11.0. The lowest BCUT2D eigenvalue weighted by Crippen LogP contribution is -2.30. The van der Waals surface area contributed by atoms with Crippen molar-refractivity contribution >= 4 is 17.3 Å². The molecule has 2 rings (SSSR count). The van der Waals surface area contributed by atoms with Gasteiger partial charge in [-0.05, 0) is 55.6 Å². The maximum absolute atomic E-state index is 13.5. The maximum Gasteiger partial charge on any atom is 0.335 e. The van der Waals surface area contributed by atoms with E-state index in [4.69, 9.17) is 5.11 Å². The van der Waals surface area contributed by atoms with Crippen molar-refractivity contribution in [1.82, 2.24) is 4.90 Å². The molecule has 1 unspecified atom stereocenters. The molecule has 0 radical (unpaired) electrons. The summed E-state index contributed by atoms with van der Waals surface area (Å²) in [6.45, 7) is 2.63. The van der Waals surface area contributed by atoms with E-state index in [1.807, 2.05) is 18.5 Å². The van der Waals surface area contributed by atoms with Crippen molar-refractivity contribution in [3.8, 4) is 0 Å². The highest BCUT2D eigenvalue weighted by Gasteiger charge is 2.13. The van der Waals surface area contributed by atoms with Crippen LogP contribution in [-0.2, 0) is 13.0 Å². The summed E-state index contributed by atoms with van der Waals surface area (Å²) in [5.74, 6) is -1.62. The summed E-state index contributed by atoms with van der Waals surface area (Å²) >= 11 is 1.72. The van der Waals surface area contributed by atoms with Crippen LogP contribution in [0.5, 0.6) is 0 Å². The van der Waals surface area contributed by atoms with Crippen LogP contribution in [0.4, 0.5) is 4.39 Å². The van der Waals surface area contributed by atoms with Gasteiger partial charge >= 0.3 is 5.97 Å². The molecule has 112 valence electrons. The number of nitrogens with zero attached hydrogens (tertiary/aromatic N) is 1. The number of carbonyl (C=O) groups is 1. The van der Waals surface area contributed by atoms with Gasteiger partial charge in [0.2, 0.25) is 0 Å². The summed E-state index contributed by atoms with van der Waals surface area (Å²) < 4.78 is 13.5. The maximum atomic E-state index is 13.5. The Hall–Kier alpha value is -1.72. The number of rotatable bonds is 6. The summed E-state index contributed by atoms with van der Waals surface area (Å²) in [7, 11) is 1.96. The second kappa shape index (κ2) is 6.83. The highest BCUT2D eigenvalue weighted by molar-refractivity contribution is 7.09. The Bertz CT molecular complexity index is 613. The second-order valence-electron chi connectivity index (χ2n) is 5.20. The van der Waals surface area contributed by atoms with Crippen LogP contribution >= 0.6 is 11.3 Å². The van der Waals surface area contributed by atoms with Crippen LogP contribution in [0, 0.1) is 5.82 Å². The molecule has 0 saturated heterocycles. The van der Waals surface area contributed by atoms with Gasteiger partial charge in [0, 0.05) is 17.5 Å². The van der Waals surface area contributed by atoms with E-state index in [0.717, 1.165) is 12.5 Å². The van der Waals surface area contributed by atoms with Crippen molar-refractivity contribution in [3.63, 3.8) is 0 Å². The van der Waals surface area contributed by atoms with Crippen LogP contribution < -0.4 is 0 Å². The van der Waals surface area contributed by atoms with Crippen molar-refractivity contribution in [3.05, 3.63) is 57.5 Å². The van der Waals surface area contributed by atoms with E-state index in [2.05, 4.69) is 17.9 Å². The molecule has 1 atom stereocenters. The number of hydrogen-bond acceptors (Lipinski definition) is 3. The molecule has 1 heterocycles.